The summed E-state index contributed by atoms with van der Waals surface area (Å²) in [6, 6.07) is 7.58. The molecule has 0 aliphatic carbocycles. The third kappa shape index (κ3) is 2.61. The lowest BCUT2D eigenvalue weighted by molar-refractivity contribution is -0.128. The first-order chi connectivity index (χ1) is 11.4. The first-order valence-corrected chi connectivity index (χ1v) is 9.34. The molecule has 1 amide bonds. The molecule has 4 nitrogen and oxygen atoms in total. The van der Waals surface area contributed by atoms with E-state index < -0.39 is 0 Å². The zero-order valence-electron chi connectivity index (χ0n) is 15.1. The van der Waals surface area contributed by atoms with Crippen LogP contribution in [-0.2, 0) is 11.2 Å². The van der Waals surface area contributed by atoms with Crippen LogP contribution in [0.2, 0.25) is 0 Å². The molecule has 0 saturated carbocycles. The Hall–Kier alpha value is -1.55. The normalized spacial score (nSPS) is 25.5. The van der Waals surface area contributed by atoms with Crippen LogP contribution in [-0.4, -0.2) is 49.6 Å². The molecule has 1 saturated heterocycles. The number of piperidine rings is 1. The Morgan fingerprint density at radius 3 is 2.92 bits per heavy atom. The molecule has 1 aromatic rings. The first kappa shape index (κ1) is 15.9. The Morgan fingerprint density at radius 2 is 2.12 bits per heavy atom. The Labute approximate surface area is 145 Å². The van der Waals surface area contributed by atoms with Crippen molar-refractivity contribution in [2.75, 3.05) is 37.6 Å². The molecule has 1 N–H and O–H groups in total. The summed E-state index contributed by atoms with van der Waals surface area (Å²) in [6.45, 7) is 11.1. The number of carbonyl (C=O) groups excluding carboxylic acids is 1. The van der Waals surface area contributed by atoms with Crippen LogP contribution < -0.4 is 10.2 Å². The van der Waals surface area contributed by atoms with Crippen LogP contribution in [0.25, 0.3) is 0 Å². The third-order valence-electron chi connectivity index (χ3n) is 5.92. The lowest BCUT2D eigenvalue weighted by atomic mass is 9.88. The monoisotopic (exact) mass is 327 g/mol. The van der Waals surface area contributed by atoms with Gasteiger partial charge in [0.2, 0.25) is 5.91 Å². The van der Waals surface area contributed by atoms with Crippen LogP contribution in [0, 0.1) is 5.41 Å². The number of benzene rings is 1. The number of hydrogen-bond acceptors (Lipinski definition) is 3. The number of rotatable bonds is 3. The summed E-state index contributed by atoms with van der Waals surface area (Å²) >= 11 is 0. The molecule has 1 aromatic carbocycles. The highest BCUT2D eigenvalue weighted by Gasteiger charge is 2.44. The van der Waals surface area contributed by atoms with Crippen molar-refractivity contribution >= 4 is 11.6 Å². The molecule has 0 radical (unpaired) electrons. The zero-order chi connectivity index (χ0) is 16.9. The first-order valence-electron chi connectivity index (χ1n) is 9.34. The average molecular weight is 327 g/mol. The molecule has 4 rings (SSSR count). The molecule has 24 heavy (non-hydrogen) atoms. The van der Waals surface area contributed by atoms with Crippen molar-refractivity contribution in [3.63, 3.8) is 0 Å². The second kappa shape index (κ2) is 5.76. The van der Waals surface area contributed by atoms with Gasteiger partial charge in [0, 0.05) is 55.8 Å². The number of hydrogen-bond donors (Lipinski definition) is 1. The maximum absolute atomic E-state index is 12.0. The Balaban J connectivity index is 1.39. The minimum atomic E-state index is -0.300. The molecule has 4 heteroatoms. The number of nitrogens with one attached hydrogen (secondary N) is 1. The number of anilines is 1. The van der Waals surface area contributed by atoms with Crippen LogP contribution in [0.5, 0.6) is 0 Å². The highest BCUT2D eigenvalue weighted by Crippen LogP contribution is 2.48. The van der Waals surface area contributed by atoms with E-state index in [-0.39, 0.29) is 11.3 Å². The lowest BCUT2D eigenvalue weighted by Gasteiger charge is -2.38. The summed E-state index contributed by atoms with van der Waals surface area (Å²) in [5.74, 6) is 0.793. The summed E-state index contributed by atoms with van der Waals surface area (Å²) in [5, 5.41) is 3.09. The van der Waals surface area contributed by atoms with Gasteiger partial charge in [-0.05, 0) is 24.0 Å². The maximum atomic E-state index is 12.0. The van der Waals surface area contributed by atoms with E-state index in [0.29, 0.717) is 12.0 Å². The molecule has 1 fully saturated rings. The molecule has 0 aromatic heterocycles. The SMILES string of the molecule is CC(C)(C)C(=O)NCCN1CC[C@H]2[C@@H](C1)c1cccc3c1N2CC3. The molecule has 3 heterocycles. The number of likely N-dealkylation sites (tertiary alicyclic amines) is 1. The molecule has 3 aliphatic rings. The van der Waals surface area contributed by atoms with E-state index in [4.69, 9.17) is 0 Å². The van der Waals surface area contributed by atoms with Gasteiger partial charge >= 0.3 is 0 Å². The fourth-order valence-corrected chi connectivity index (χ4v) is 4.63. The number of amides is 1. The Bertz CT molecular complexity index is 649. The van der Waals surface area contributed by atoms with Gasteiger partial charge < -0.3 is 15.1 Å². The van der Waals surface area contributed by atoms with Crippen molar-refractivity contribution in [1.82, 2.24) is 10.2 Å². The van der Waals surface area contributed by atoms with Gasteiger partial charge in [0.15, 0.2) is 0 Å². The molecule has 0 spiro atoms. The van der Waals surface area contributed by atoms with Gasteiger partial charge in [0.25, 0.3) is 0 Å². The molecular weight excluding hydrogens is 298 g/mol. The highest BCUT2D eigenvalue weighted by molar-refractivity contribution is 5.81. The average Bonchev–Trinajstić information content (AvgIpc) is 3.10. The smallest absolute Gasteiger partial charge is 0.225 e. The van der Waals surface area contributed by atoms with Crippen molar-refractivity contribution in [3.8, 4) is 0 Å². The number of carbonyl (C=O) groups is 1. The van der Waals surface area contributed by atoms with Crippen molar-refractivity contribution < 1.29 is 4.79 Å². The summed E-state index contributed by atoms with van der Waals surface area (Å²) in [4.78, 5) is 17.2. The van der Waals surface area contributed by atoms with E-state index >= 15 is 0 Å². The largest absolute Gasteiger partial charge is 0.367 e. The van der Waals surface area contributed by atoms with E-state index in [1.54, 1.807) is 16.8 Å². The zero-order valence-corrected chi connectivity index (χ0v) is 15.1. The van der Waals surface area contributed by atoms with Gasteiger partial charge in [-0.25, -0.2) is 0 Å². The fourth-order valence-electron chi connectivity index (χ4n) is 4.63. The second-order valence-electron chi connectivity index (χ2n) is 8.57. The number of fused-ring (bicyclic) bond motifs is 3. The maximum Gasteiger partial charge on any atom is 0.225 e. The van der Waals surface area contributed by atoms with E-state index in [1.165, 1.54) is 19.4 Å². The van der Waals surface area contributed by atoms with E-state index in [0.717, 1.165) is 26.2 Å². The van der Waals surface area contributed by atoms with Crippen LogP contribution in [0.4, 0.5) is 5.69 Å². The van der Waals surface area contributed by atoms with E-state index in [9.17, 15) is 4.79 Å². The summed E-state index contributed by atoms with van der Waals surface area (Å²) in [6.07, 6.45) is 2.46. The van der Waals surface area contributed by atoms with Crippen molar-refractivity contribution in [2.45, 2.75) is 45.6 Å². The number of nitrogens with zero attached hydrogens (tertiary/aromatic N) is 2. The minimum absolute atomic E-state index is 0.147. The van der Waals surface area contributed by atoms with Crippen molar-refractivity contribution in [1.29, 1.82) is 0 Å². The fraction of sp³-hybridized carbons (Fsp3) is 0.650. The standard InChI is InChI=1S/C20H29N3O/c1-20(2,3)19(24)21-9-12-22-10-8-17-16(13-22)15-6-4-5-14-7-11-23(17)18(14)15/h4-6,16-17H,7-13H2,1-3H3,(H,21,24)/t16-,17-/m0/s1. The Morgan fingerprint density at radius 1 is 1.29 bits per heavy atom. The predicted octanol–water partition coefficient (Wildman–Crippen LogP) is 2.38. The van der Waals surface area contributed by atoms with Crippen LogP contribution in [0.1, 0.15) is 44.2 Å². The molecule has 0 bridgehead atoms. The van der Waals surface area contributed by atoms with Gasteiger partial charge in [-0.15, -0.1) is 0 Å². The third-order valence-corrected chi connectivity index (χ3v) is 5.92. The molecule has 2 atom stereocenters. The quantitative estimate of drug-likeness (QED) is 0.926. The lowest BCUT2D eigenvalue weighted by Crippen LogP contribution is -2.48. The molecule has 0 unspecified atom stereocenters. The number of para-hydroxylation sites is 1. The van der Waals surface area contributed by atoms with Crippen LogP contribution in [0.15, 0.2) is 18.2 Å². The molecular formula is C20H29N3O. The van der Waals surface area contributed by atoms with E-state index in [2.05, 4.69) is 33.3 Å². The van der Waals surface area contributed by atoms with Gasteiger partial charge in [-0.2, -0.15) is 0 Å². The molecule has 3 aliphatic heterocycles. The van der Waals surface area contributed by atoms with Crippen molar-refractivity contribution in [2.24, 2.45) is 5.41 Å². The van der Waals surface area contributed by atoms with Gasteiger partial charge in [-0.3, -0.25) is 4.79 Å². The summed E-state index contributed by atoms with van der Waals surface area (Å²) in [5.41, 5.74) is 4.37. The summed E-state index contributed by atoms with van der Waals surface area (Å²) in [7, 11) is 0. The Kier molecular flexibility index (Phi) is 3.83. The van der Waals surface area contributed by atoms with Crippen LogP contribution in [0.3, 0.4) is 0 Å². The van der Waals surface area contributed by atoms with Gasteiger partial charge in [0.1, 0.15) is 0 Å². The predicted molar refractivity (Wildman–Crippen MR) is 97.5 cm³/mol. The summed E-state index contributed by atoms with van der Waals surface area (Å²) < 4.78 is 0. The van der Waals surface area contributed by atoms with Gasteiger partial charge in [0.05, 0.1) is 0 Å². The highest BCUT2D eigenvalue weighted by atomic mass is 16.2. The van der Waals surface area contributed by atoms with Gasteiger partial charge in [-0.1, -0.05) is 39.0 Å². The minimum Gasteiger partial charge on any atom is -0.367 e. The van der Waals surface area contributed by atoms with Crippen molar-refractivity contribution in [3.05, 3.63) is 29.3 Å². The van der Waals surface area contributed by atoms with E-state index in [1.807, 2.05) is 20.8 Å². The molecule has 130 valence electrons. The topological polar surface area (TPSA) is 35.6 Å². The van der Waals surface area contributed by atoms with Crippen LogP contribution >= 0.6 is 0 Å². The second-order valence-corrected chi connectivity index (χ2v) is 8.57.